The number of hydrogen-bond acceptors (Lipinski definition) is 5. The van der Waals surface area contributed by atoms with E-state index in [1.54, 1.807) is 12.1 Å². The van der Waals surface area contributed by atoms with Crippen LogP contribution in [0.15, 0.2) is 24.3 Å². The van der Waals surface area contributed by atoms with Gasteiger partial charge in [0, 0.05) is 6.42 Å². The molecule has 5 nitrogen and oxygen atoms in total. The number of carbonyl (C=O) groups is 1. The Kier molecular flexibility index (Phi) is 4.64. The highest BCUT2D eigenvalue weighted by molar-refractivity contribution is 5.89. The maximum absolute atomic E-state index is 11.7. The fraction of sp³-hybridized carbons (Fsp3) is 0.417. The predicted molar refractivity (Wildman–Crippen MR) is 58.8 cm³/mol. The predicted octanol–water partition coefficient (Wildman–Crippen LogP) is 2.17. The summed E-state index contributed by atoms with van der Waals surface area (Å²) in [7, 11) is 0. The maximum atomic E-state index is 11.7. The molecule has 0 saturated carbocycles. The van der Waals surface area contributed by atoms with E-state index in [4.69, 9.17) is 9.47 Å². The van der Waals surface area contributed by atoms with Crippen LogP contribution in [0.3, 0.4) is 0 Å². The van der Waals surface area contributed by atoms with Crippen LogP contribution in [-0.4, -0.2) is 31.9 Å². The molecular formula is C12H12F2O5. The van der Waals surface area contributed by atoms with Crippen molar-refractivity contribution in [2.45, 2.75) is 19.1 Å². The molecule has 1 aromatic carbocycles. The molecule has 1 aliphatic rings. The molecule has 1 saturated heterocycles. The average Bonchev–Trinajstić information content (AvgIpc) is 2.89. The van der Waals surface area contributed by atoms with Crippen LogP contribution in [0.1, 0.15) is 16.8 Å². The molecule has 7 heteroatoms. The van der Waals surface area contributed by atoms with Crippen LogP contribution in [0.2, 0.25) is 0 Å². The van der Waals surface area contributed by atoms with E-state index in [0.29, 0.717) is 19.0 Å². The highest BCUT2D eigenvalue weighted by atomic mass is 19.3. The van der Waals surface area contributed by atoms with E-state index in [-0.39, 0.29) is 11.7 Å². The van der Waals surface area contributed by atoms with Crippen molar-refractivity contribution in [3.05, 3.63) is 29.8 Å². The monoisotopic (exact) mass is 274 g/mol. The van der Waals surface area contributed by atoms with E-state index in [9.17, 15) is 13.6 Å². The summed E-state index contributed by atoms with van der Waals surface area (Å²) < 4.78 is 34.2. The molecule has 0 aliphatic carbocycles. The van der Waals surface area contributed by atoms with Gasteiger partial charge in [0.05, 0.1) is 18.8 Å². The minimum absolute atomic E-state index is 0.0661. The SMILES string of the molecule is O=C(OOC(F)F)c1cccc(OC2CCOC2)c1. The van der Waals surface area contributed by atoms with E-state index in [0.717, 1.165) is 6.42 Å². The highest BCUT2D eigenvalue weighted by Crippen LogP contribution is 2.19. The molecular weight excluding hydrogens is 262 g/mol. The van der Waals surface area contributed by atoms with Gasteiger partial charge in [-0.05, 0) is 18.2 Å². The first-order valence-electron chi connectivity index (χ1n) is 5.65. The number of alkyl halides is 2. The molecule has 0 radical (unpaired) electrons. The summed E-state index contributed by atoms with van der Waals surface area (Å²) in [6.45, 7) is -2.04. The van der Waals surface area contributed by atoms with Crippen molar-refractivity contribution in [1.82, 2.24) is 0 Å². The third kappa shape index (κ3) is 4.15. The van der Waals surface area contributed by atoms with Gasteiger partial charge in [-0.25, -0.2) is 4.79 Å². The van der Waals surface area contributed by atoms with Crippen molar-refractivity contribution in [3.8, 4) is 5.75 Å². The average molecular weight is 274 g/mol. The van der Waals surface area contributed by atoms with E-state index in [1.165, 1.54) is 12.1 Å². The molecule has 1 aliphatic heterocycles. The summed E-state index contributed by atoms with van der Waals surface area (Å²) in [6, 6.07) is 6.03. The summed E-state index contributed by atoms with van der Waals surface area (Å²) in [5.41, 5.74) is 0.0667. The van der Waals surface area contributed by atoms with Gasteiger partial charge >= 0.3 is 12.6 Å². The van der Waals surface area contributed by atoms with E-state index >= 15 is 0 Å². The van der Waals surface area contributed by atoms with Crippen LogP contribution < -0.4 is 4.74 Å². The molecule has 2 rings (SSSR count). The van der Waals surface area contributed by atoms with Gasteiger partial charge in [-0.1, -0.05) is 6.07 Å². The van der Waals surface area contributed by atoms with Crippen LogP contribution in [0.4, 0.5) is 8.78 Å². The number of rotatable bonds is 5. The second-order valence-electron chi connectivity index (χ2n) is 3.86. The lowest BCUT2D eigenvalue weighted by Gasteiger charge is -2.12. The van der Waals surface area contributed by atoms with Gasteiger partial charge in [-0.15, -0.1) is 4.89 Å². The van der Waals surface area contributed by atoms with Crippen LogP contribution in [-0.2, 0) is 14.5 Å². The molecule has 0 amide bonds. The zero-order valence-corrected chi connectivity index (χ0v) is 9.88. The Hall–Kier alpha value is -1.73. The Bertz CT molecular complexity index is 432. The normalized spacial score (nSPS) is 18.6. The van der Waals surface area contributed by atoms with E-state index in [2.05, 4.69) is 9.78 Å². The van der Waals surface area contributed by atoms with Gasteiger partial charge in [0.2, 0.25) is 0 Å². The van der Waals surface area contributed by atoms with Crippen molar-refractivity contribution >= 4 is 5.97 Å². The quantitative estimate of drug-likeness (QED) is 0.608. The Labute approximate surface area is 107 Å². The topological polar surface area (TPSA) is 54.0 Å². The van der Waals surface area contributed by atoms with Crippen LogP contribution >= 0.6 is 0 Å². The summed E-state index contributed by atoms with van der Waals surface area (Å²) in [6.07, 6.45) is 0.701. The minimum Gasteiger partial charge on any atom is -0.488 e. The van der Waals surface area contributed by atoms with Gasteiger partial charge in [-0.2, -0.15) is 8.78 Å². The van der Waals surface area contributed by atoms with Gasteiger partial charge in [-0.3, -0.25) is 4.89 Å². The smallest absolute Gasteiger partial charge is 0.381 e. The van der Waals surface area contributed by atoms with Crippen LogP contribution in [0, 0.1) is 0 Å². The number of hydrogen-bond donors (Lipinski definition) is 0. The van der Waals surface area contributed by atoms with E-state index < -0.39 is 12.6 Å². The standard InChI is InChI=1S/C12H12F2O5/c13-12(14)19-18-11(15)8-2-1-3-9(6-8)17-10-4-5-16-7-10/h1-3,6,10,12H,4-5,7H2. The second kappa shape index (κ2) is 6.44. The molecule has 1 heterocycles. The zero-order chi connectivity index (χ0) is 13.7. The lowest BCUT2D eigenvalue weighted by molar-refractivity contribution is -0.343. The molecule has 1 aromatic rings. The largest absolute Gasteiger partial charge is 0.488 e. The van der Waals surface area contributed by atoms with Crippen molar-refractivity contribution in [1.29, 1.82) is 0 Å². The van der Waals surface area contributed by atoms with Crippen molar-refractivity contribution in [3.63, 3.8) is 0 Å². The summed E-state index contributed by atoms with van der Waals surface area (Å²) in [5.74, 6) is -0.560. The molecule has 1 atom stereocenters. The summed E-state index contributed by atoms with van der Waals surface area (Å²) >= 11 is 0. The highest BCUT2D eigenvalue weighted by Gasteiger charge is 2.18. The molecule has 0 spiro atoms. The van der Waals surface area contributed by atoms with Crippen molar-refractivity contribution in [2.75, 3.05) is 13.2 Å². The first kappa shape index (κ1) is 13.7. The van der Waals surface area contributed by atoms with E-state index in [1.807, 2.05) is 0 Å². The third-order valence-corrected chi connectivity index (χ3v) is 2.46. The Morgan fingerprint density at radius 3 is 2.95 bits per heavy atom. The first-order chi connectivity index (χ1) is 9.15. The second-order valence-corrected chi connectivity index (χ2v) is 3.86. The van der Waals surface area contributed by atoms with Crippen LogP contribution in [0.5, 0.6) is 5.75 Å². The lowest BCUT2D eigenvalue weighted by atomic mass is 10.2. The molecule has 0 N–H and O–H groups in total. The number of benzene rings is 1. The fourth-order valence-electron chi connectivity index (χ4n) is 1.62. The van der Waals surface area contributed by atoms with Crippen molar-refractivity contribution in [2.24, 2.45) is 0 Å². The first-order valence-corrected chi connectivity index (χ1v) is 5.65. The third-order valence-electron chi connectivity index (χ3n) is 2.46. The van der Waals surface area contributed by atoms with Gasteiger partial charge in [0.25, 0.3) is 0 Å². The van der Waals surface area contributed by atoms with Crippen LogP contribution in [0.25, 0.3) is 0 Å². The number of halogens is 2. The number of carbonyl (C=O) groups excluding carboxylic acids is 1. The Morgan fingerprint density at radius 1 is 1.42 bits per heavy atom. The Balaban J connectivity index is 1.95. The maximum Gasteiger partial charge on any atom is 0.381 e. The fourth-order valence-corrected chi connectivity index (χ4v) is 1.62. The molecule has 0 aromatic heterocycles. The van der Waals surface area contributed by atoms with Crippen molar-refractivity contribution < 1.29 is 32.8 Å². The minimum atomic E-state index is -3.17. The Morgan fingerprint density at radius 2 is 2.26 bits per heavy atom. The summed E-state index contributed by atoms with van der Waals surface area (Å²) in [5, 5.41) is 0. The molecule has 1 unspecified atom stereocenters. The van der Waals surface area contributed by atoms with Gasteiger partial charge < -0.3 is 9.47 Å². The zero-order valence-electron chi connectivity index (χ0n) is 9.88. The molecule has 19 heavy (non-hydrogen) atoms. The molecule has 0 bridgehead atoms. The van der Waals surface area contributed by atoms with Gasteiger partial charge in [0.15, 0.2) is 0 Å². The molecule has 104 valence electrons. The van der Waals surface area contributed by atoms with Gasteiger partial charge in [0.1, 0.15) is 11.9 Å². The summed E-state index contributed by atoms with van der Waals surface area (Å²) in [4.78, 5) is 18.8. The lowest BCUT2D eigenvalue weighted by Crippen LogP contribution is -2.16. The number of ether oxygens (including phenoxy) is 2. The molecule has 1 fully saturated rings.